The summed E-state index contributed by atoms with van der Waals surface area (Å²) in [5.74, 6) is -2.00. The molecule has 14 nitrogen and oxygen atoms in total. The Morgan fingerprint density at radius 2 is 1.43 bits per heavy atom. The lowest BCUT2D eigenvalue weighted by molar-refractivity contribution is -0.231. The number of phenolic OH excluding ortho intramolecular Hbond substituents is 3. The molecular formula is C26H28O14. The van der Waals surface area contributed by atoms with Gasteiger partial charge in [-0.3, -0.25) is 4.79 Å². The summed E-state index contributed by atoms with van der Waals surface area (Å²) in [6.45, 7) is -1.34. The third-order valence-electron chi connectivity index (χ3n) is 7.31. The van der Waals surface area contributed by atoms with Gasteiger partial charge in [0.15, 0.2) is 11.0 Å². The third kappa shape index (κ3) is 4.49. The van der Waals surface area contributed by atoms with Crippen molar-refractivity contribution in [1.82, 2.24) is 0 Å². The molecule has 0 bridgehead atoms. The van der Waals surface area contributed by atoms with E-state index in [1.165, 1.54) is 24.3 Å². The van der Waals surface area contributed by atoms with Gasteiger partial charge in [-0.15, -0.1) is 0 Å². The molecule has 1 aromatic heterocycles. The number of ether oxygens (including phenoxy) is 2. The second-order valence-corrected chi connectivity index (χ2v) is 9.80. The first-order chi connectivity index (χ1) is 19.0. The monoisotopic (exact) mass is 564 g/mol. The maximum atomic E-state index is 13.4. The van der Waals surface area contributed by atoms with Gasteiger partial charge in [0.05, 0.1) is 24.3 Å². The van der Waals surface area contributed by atoms with Gasteiger partial charge in [-0.1, -0.05) is 0 Å². The summed E-state index contributed by atoms with van der Waals surface area (Å²) in [6, 6.07) is 6.47. The van der Waals surface area contributed by atoms with Crippen molar-refractivity contribution < 1.29 is 65.0 Å². The zero-order valence-electron chi connectivity index (χ0n) is 20.6. The van der Waals surface area contributed by atoms with E-state index in [1.807, 2.05) is 0 Å². The first-order valence-corrected chi connectivity index (χ1v) is 12.3. The summed E-state index contributed by atoms with van der Waals surface area (Å²) in [4.78, 5) is 13.4. The largest absolute Gasteiger partial charge is 0.508 e. The fourth-order valence-corrected chi connectivity index (χ4v) is 5.11. The van der Waals surface area contributed by atoms with Gasteiger partial charge < -0.3 is 65.0 Å². The molecule has 2 aromatic carbocycles. The Labute approximate surface area is 224 Å². The zero-order chi connectivity index (χ0) is 29.0. The van der Waals surface area contributed by atoms with Crippen LogP contribution in [0.15, 0.2) is 39.5 Å². The fraction of sp³-hybridized carbons (Fsp3) is 0.423. The maximum Gasteiger partial charge on any atom is 0.197 e. The van der Waals surface area contributed by atoms with E-state index in [4.69, 9.17) is 13.9 Å². The number of fused-ring (bicyclic) bond motifs is 1. The molecule has 0 saturated carbocycles. The van der Waals surface area contributed by atoms with Crippen molar-refractivity contribution in [3.05, 3.63) is 51.7 Å². The van der Waals surface area contributed by atoms with Crippen molar-refractivity contribution >= 4 is 11.0 Å². The smallest absolute Gasteiger partial charge is 0.197 e. The number of hydrogen-bond donors (Lipinski definition) is 10. The van der Waals surface area contributed by atoms with Crippen molar-refractivity contribution in [2.45, 2.75) is 54.9 Å². The molecule has 0 spiro atoms. The van der Waals surface area contributed by atoms with Crippen LogP contribution >= 0.6 is 0 Å². The molecular weight excluding hydrogens is 536 g/mol. The molecule has 9 atom stereocenters. The van der Waals surface area contributed by atoms with Gasteiger partial charge in [-0.2, -0.15) is 0 Å². The van der Waals surface area contributed by atoms with Gasteiger partial charge in [-0.25, -0.2) is 0 Å². The van der Waals surface area contributed by atoms with Gasteiger partial charge in [-0.05, 0) is 24.3 Å². The minimum Gasteiger partial charge on any atom is -0.508 e. The van der Waals surface area contributed by atoms with E-state index in [1.54, 1.807) is 0 Å². The Hall–Kier alpha value is -3.31. The maximum absolute atomic E-state index is 13.4. The Morgan fingerprint density at radius 3 is 2.08 bits per heavy atom. The van der Waals surface area contributed by atoms with Crippen molar-refractivity contribution in [3.8, 4) is 28.6 Å². The molecule has 10 N–H and O–H groups in total. The Balaban J connectivity index is 1.81. The van der Waals surface area contributed by atoms with E-state index in [0.29, 0.717) is 5.56 Å². The zero-order valence-corrected chi connectivity index (χ0v) is 20.6. The summed E-state index contributed by atoms with van der Waals surface area (Å²) >= 11 is 0. The summed E-state index contributed by atoms with van der Waals surface area (Å²) < 4.78 is 16.9. The van der Waals surface area contributed by atoms with Crippen LogP contribution in [0.5, 0.6) is 17.2 Å². The van der Waals surface area contributed by atoms with Gasteiger partial charge in [0.1, 0.15) is 83.3 Å². The van der Waals surface area contributed by atoms with Crippen LogP contribution in [0.25, 0.3) is 22.3 Å². The average Bonchev–Trinajstić information content (AvgIpc) is 2.92. The number of aliphatic hydroxyl groups is 7. The van der Waals surface area contributed by atoms with E-state index in [0.717, 1.165) is 6.07 Å². The highest BCUT2D eigenvalue weighted by Gasteiger charge is 2.48. The topological polar surface area (TPSA) is 251 Å². The van der Waals surface area contributed by atoms with Crippen LogP contribution in [0.4, 0.5) is 0 Å². The molecule has 2 fully saturated rings. The Kier molecular flexibility index (Phi) is 7.47. The quantitative estimate of drug-likeness (QED) is 0.169. The van der Waals surface area contributed by atoms with Crippen LogP contribution in [0.2, 0.25) is 0 Å². The number of benzene rings is 2. The van der Waals surface area contributed by atoms with E-state index in [-0.39, 0.29) is 11.5 Å². The predicted octanol–water partition coefficient (Wildman–Crippen LogP) is -1.75. The normalized spacial score (nSPS) is 32.8. The highest BCUT2D eigenvalue weighted by Crippen LogP contribution is 2.50. The number of phenols is 3. The Bertz CT molecular complexity index is 1450. The average molecular weight is 564 g/mol. The number of rotatable bonds is 4. The van der Waals surface area contributed by atoms with Crippen LogP contribution in [-0.4, -0.2) is 107 Å². The van der Waals surface area contributed by atoms with Crippen LogP contribution < -0.4 is 5.43 Å². The number of aromatic hydroxyl groups is 3. The first kappa shape index (κ1) is 28.2. The van der Waals surface area contributed by atoms with Crippen LogP contribution in [-0.2, 0) is 9.47 Å². The lowest BCUT2D eigenvalue weighted by Gasteiger charge is -2.41. The van der Waals surface area contributed by atoms with E-state index in [2.05, 4.69) is 0 Å². The molecule has 0 aliphatic carbocycles. The molecule has 40 heavy (non-hydrogen) atoms. The SMILES string of the molecule is O=c1cc(-c2ccc(O)cc2)oc2c([C@@H]3O[C@H](CO)[C@H](O)[C@H](O)[C@@H]3O)c(O)c([C@@H]3OC[C@H](O)[C@H](O)[C@@H]3O)c(O)c12. The molecule has 0 unspecified atom stereocenters. The van der Waals surface area contributed by atoms with Crippen molar-refractivity contribution in [2.75, 3.05) is 13.2 Å². The molecule has 3 aromatic rings. The molecule has 3 heterocycles. The molecule has 2 saturated heterocycles. The molecule has 2 aliphatic rings. The first-order valence-electron chi connectivity index (χ1n) is 12.3. The second-order valence-electron chi connectivity index (χ2n) is 9.80. The van der Waals surface area contributed by atoms with Crippen LogP contribution in [0.1, 0.15) is 23.3 Å². The Morgan fingerprint density at radius 1 is 0.775 bits per heavy atom. The van der Waals surface area contributed by atoms with E-state index >= 15 is 0 Å². The van der Waals surface area contributed by atoms with E-state index < -0.39 is 107 Å². The molecule has 216 valence electrons. The fourth-order valence-electron chi connectivity index (χ4n) is 5.11. The van der Waals surface area contributed by atoms with Gasteiger partial charge in [0, 0.05) is 11.6 Å². The standard InChI is InChI=1S/C26H28O14/c27-6-13-18(32)21(35)23(37)26(40-13)16-20(34)15(25-22(36)17(31)11(30)7-38-25)19(33)14-10(29)5-12(39-24(14)16)8-1-3-9(28)4-2-8/h1-5,11,13,17-18,21-23,25-28,30-37H,6-7H2/t11-,13+,17-,18-,21-,22-,23-,25-,26-/m0/s1. The summed E-state index contributed by atoms with van der Waals surface area (Å²) in [5, 5.41) is 104. The van der Waals surface area contributed by atoms with Crippen molar-refractivity contribution in [1.29, 1.82) is 0 Å². The van der Waals surface area contributed by atoms with E-state index in [9.17, 15) is 55.9 Å². The minimum atomic E-state index is -1.96. The van der Waals surface area contributed by atoms with Gasteiger partial charge in [0.25, 0.3) is 0 Å². The third-order valence-corrected chi connectivity index (χ3v) is 7.31. The highest BCUT2D eigenvalue weighted by atomic mass is 16.5. The molecule has 5 rings (SSSR count). The van der Waals surface area contributed by atoms with Crippen LogP contribution in [0, 0.1) is 0 Å². The van der Waals surface area contributed by atoms with Gasteiger partial charge >= 0.3 is 0 Å². The van der Waals surface area contributed by atoms with Gasteiger partial charge in [0.2, 0.25) is 0 Å². The lowest BCUT2D eigenvalue weighted by atomic mass is 9.85. The number of aliphatic hydroxyl groups excluding tert-OH is 7. The van der Waals surface area contributed by atoms with Crippen molar-refractivity contribution in [3.63, 3.8) is 0 Å². The molecule has 14 heteroatoms. The second kappa shape index (κ2) is 10.6. The lowest BCUT2D eigenvalue weighted by Crippen LogP contribution is -2.55. The van der Waals surface area contributed by atoms with Crippen molar-refractivity contribution in [2.24, 2.45) is 0 Å². The summed E-state index contributed by atoms with van der Waals surface area (Å²) in [5.41, 5.74) is -2.19. The highest BCUT2D eigenvalue weighted by molar-refractivity contribution is 5.92. The molecule has 2 aliphatic heterocycles. The minimum absolute atomic E-state index is 0.0767. The molecule has 0 radical (unpaired) electrons. The predicted molar refractivity (Wildman–Crippen MR) is 132 cm³/mol. The molecule has 0 amide bonds. The number of hydrogen-bond acceptors (Lipinski definition) is 14. The summed E-state index contributed by atoms with van der Waals surface area (Å²) in [7, 11) is 0. The summed E-state index contributed by atoms with van der Waals surface area (Å²) in [6.07, 6.45) is -15.7. The van der Waals surface area contributed by atoms with Crippen LogP contribution in [0.3, 0.4) is 0 Å².